The van der Waals surface area contributed by atoms with Gasteiger partial charge in [0.1, 0.15) is 6.07 Å². The van der Waals surface area contributed by atoms with E-state index in [9.17, 15) is 10.1 Å². The van der Waals surface area contributed by atoms with Crippen LogP contribution in [-0.2, 0) is 4.79 Å². The van der Waals surface area contributed by atoms with Gasteiger partial charge in [-0.05, 0) is 37.5 Å². The molecule has 24 heavy (non-hydrogen) atoms. The van der Waals surface area contributed by atoms with E-state index in [-0.39, 0.29) is 5.91 Å². The lowest BCUT2D eigenvalue weighted by Crippen LogP contribution is -2.49. The van der Waals surface area contributed by atoms with E-state index in [1.54, 1.807) is 0 Å². The summed E-state index contributed by atoms with van der Waals surface area (Å²) in [6.45, 7) is 5.00. The Morgan fingerprint density at radius 3 is 2.58 bits per heavy atom. The summed E-state index contributed by atoms with van der Waals surface area (Å²) < 4.78 is 5.86. The maximum absolute atomic E-state index is 12.4. The van der Waals surface area contributed by atoms with Crippen molar-refractivity contribution >= 4 is 11.8 Å². The number of piperazine rings is 1. The molecule has 1 saturated heterocycles. The van der Waals surface area contributed by atoms with Crippen LogP contribution in [-0.4, -0.2) is 42.0 Å². The molecule has 4 rings (SSSR count). The highest BCUT2D eigenvalue weighted by Crippen LogP contribution is 2.41. The average molecular weight is 328 g/mol. The Morgan fingerprint density at radius 2 is 2.00 bits per heavy atom. The topological polar surface area (TPSA) is 73.4 Å². The highest BCUT2D eigenvalue weighted by molar-refractivity contribution is 5.76. The quantitative estimate of drug-likeness (QED) is 0.830. The van der Waals surface area contributed by atoms with Crippen molar-refractivity contribution < 1.29 is 9.21 Å². The van der Waals surface area contributed by atoms with Gasteiger partial charge in [-0.25, -0.2) is 4.98 Å². The number of carbonyl (C=O) groups is 1. The Bertz CT molecular complexity index is 661. The van der Waals surface area contributed by atoms with Gasteiger partial charge in [0, 0.05) is 38.5 Å². The Hall–Kier alpha value is -2.03. The molecule has 2 saturated carbocycles. The van der Waals surface area contributed by atoms with Crippen molar-refractivity contribution in [3.05, 3.63) is 11.6 Å². The fraction of sp³-hybridized carbons (Fsp3) is 0.722. The lowest BCUT2D eigenvalue weighted by Gasteiger charge is -2.35. The maximum atomic E-state index is 12.4. The summed E-state index contributed by atoms with van der Waals surface area (Å²) in [6.07, 6.45) is 5.45. The number of carbonyl (C=O) groups excluding carboxylic acids is 1. The first-order valence-electron chi connectivity index (χ1n) is 9.09. The molecule has 1 aromatic rings. The summed E-state index contributed by atoms with van der Waals surface area (Å²) in [5.74, 6) is 3.25. The molecule has 0 radical (unpaired) electrons. The maximum Gasteiger partial charge on any atom is 0.234 e. The second-order valence-corrected chi connectivity index (χ2v) is 7.48. The van der Waals surface area contributed by atoms with Crippen LogP contribution >= 0.6 is 0 Å². The first-order valence-corrected chi connectivity index (χ1v) is 9.09. The third-order valence-electron chi connectivity index (χ3n) is 5.50. The van der Waals surface area contributed by atoms with Crippen molar-refractivity contribution in [2.24, 2.45) is 11.8 Å². The van der Waals surface area contributed by atoms with Crippen molar-refractivity contribution in [2.45, 2.75) is 44.9 Å². The zero-order valence-electron chi connectivity index (χ0n) is 14.2. The number of anilines is 1. The van der Waals surface area contributed by atoms with Crippen molar-refractivity contribution in [2.75, 3.05) is 31.1 Å². The zero-order chi connectivity index (χ0) is 16.7. The molecule has 2 aliphatic carbocycles. The Labute approximate surface area is 142 Å². The van der Waals surface area contributed by atoms with E-state index in [4.69, 9.17) is 4.42 Å². The second-order valence-electron chi connectivity index (χ2n) is 7.48. The van der Waals surface area contributed by atoms with Crippen LogP contribution < -0.4 is 4.90 Å². The molecule has 2 heterocycles. The van der Waals surface area contributed by atoms with E-state index in [0.717, 1.165) is 18.8 Å². The number of aromatic nitrogens is 1. The van der Waals surface area contributed by atoms with Gasteiger partial charge in [0.15, 0.2) is 0 Å². The second kappa shape index (κ2) is 6.12. The minimum Gasteiger partial charge on any atom is -0.423 e. The van der Waals surface area contributed by atoms with Gasteiger partial charge in [-0.3, -0.25) is 4.79 Å². The third kappa shape index (κ3) is 3.12. The van der Waals surface area contributed by atoms with Crippen LogP contribution in [0.2, 0.25) is 0 Å². The van der Waals surface area contributed by atoms with Gasteiger partial charge >= 0.3 is 0 Å². The summed E-state index contributed by atoms with van der Waals surface area (Å²) in [5.41, 5.74) is 0.388. The normalized spacial score (nSPS) is 22.3. The molecule has 1 aliphatic heterocycles. The minimum atomic E-state index is 0.269. The van der Waals surface area contributed by atoms with Gasteiger partial charge in [-0.1, -0.05) is 6.92 Å². The Kier molecular flexibility index (Phi) is 3.95. The molecular formula is C18H24N4O2. The molecule has 1 unspecified atom stereocenters. The fourth-order valence-electron chi connectivity index (χ4n) is 3.52. The Morgan fingerprint density at radius 1 is 1.29 bits per heavy atom. The SMILES string of the molecule is CC(CC(=O)N1CCN(c2oc(C3CC3)nc2C#N)CC1)C1CC1. The van der Waals surface area contributed by atoms with Crippen LogP contribution in [0.4, 0.5) is 5.88 Å². The van der Waals surface area contributed by atoms with Crippen molar-refractivity contribution in [1.29, 1.82) is 5.26 Å². The monoisotopic (exact) mass is 328 g/mol. The van der Waals surface area contributed by atoms with E-state index >= 15 is 0 Å². The number of hydrogen-bond donors (Lipinski definition) is 0. The van der Waals surface area contributed by atoms with Gasteiger partial charge in [0.2, 0.25) is 23.4 Å². The first-order chi connectivity index (χ1) is 11.7. The van der Waals surface area contributed by atoms with E-state index < -0.39 is 0 Å². The van der Waals surface area contributed by atoms with Crippen molar-refractivity contribution in [1.82, 2.24) is 9.88 Å². The lowest BCUT2D eigenvalue weighted by atomic mass is 10.0. The highest BCUT2D eigenvalue weighted by atomic mass is 16.4. The van der Waals surface area contributed by atoms with Crippen molar-refractivity contribution in [3.63, 3.8) is 0 Å². The van der Waals surface area contributed by atoms with E-state index in [1.807, 2.05) is 4.90 Å². The summed E-state index contributed by atoms with van der Waals surface area (Å²) >= 11 is 0. The van der Waals surface area contributed by atoms with Gasteiger partial charge < -0.3 is 14.2 Å². The van der Waals surface area contributed by atoms with E-state index in [2.05, 4.69) is 22.9 Å². The molecule has 1 atom stereocenters. The molecule has 1 amide bonds. The zero-order valence-corrected chi connectivity index (χ0v) is 14.2. The van der Waals surface area contributed by atoms with Crippen LogP contribution in [0.25, 0.3) is 0 Å². The van der Waals surface area contributed by atoms with Crippen LogP contribution in [0, 0.1) is 23.2 Å². The highest BCUT2D eigenvalue weighted by Gasteiger charge is 2.34. The molecule has 3 fully saturated rings. The van der Waals surface area contributed by atoms with Gasteiger partial charge in [-0.15, -0.1) is 0 Å². The van der Waals surface area contributed by atoms with Crippen molar-refractivity contribution in [3.8, 4) is 6.07 Å². The predicted octanol–water partition coefficient (Wildman–Crippen LogP) is 2.51. The molecule has 0 spiro atoms. The Balaban J connectivity index is 1.35. The fourth-order valence-corrected chi connectivity index (χ4v) is 3.52. The molecular weight excluding hydrogens is 304 g/mol. The summed E-state index contributed by atoms with van der Waals surface area (Å²) in [5, 5.41) is 9.30. The summed E-state index contributed by atoms with van der Waals surface area (Å²) in [6, 6.07) is 2.15. The number of nitriles is 1. The standard InChI is InChI=1S/C18H24N4O2/c1-12(13-2-3-13)10-16(23)21-6-8-22(9-7-21)18-15(11-19)20-17(24-18)14-4-5-14/h12-14H,2-10H2,1H3. The number of rotatable bonds is 5. The van der Waals surface area contributed by atoms with Crippen LogP contribution in [0.3, 0.4) is 0 Å². The average Bonchev–Trinajstić information content (AvgIpc) is 3.51. The number of oxazole rings is 1. The molecule has 128 valence electrons. The molecule has 0 aromatic carbocycles. The lowest BCUT2D eigenvalue weighted by molar-refractivity contribution is -0.132. The number of hydrogen-bond acceptors (Lipinski definition) is 5. The summed E-state index contributed by atoms with van der Waals surface area (Å²) in [4.78, 5) is 20.8. The van der Waals surface area contributed by atoms with Gasteiger partial charge in [0.25, 0.3) is 0 Å². The molecule has 6 nitrogen and oxygen atoms in total. The minimum absolute atomic E-state index is 0.269. The molecule has 0 bridgehead atoms. The third-order valence-corrected chi connectivity index (χ3v) is 5.50. The largest absolute Gasteiger partial charge is 0.423 e. The van der Waals surface area contributed by atoms with Gasteiger partial charge in [0.05, 0.1) is 0 Å². The first kappa shape index (κ1) is 15.5. The van der Waals surface area contributed by atoms with Crippen LogP contribution in [0.15, 0.2) is 4.42 Å². The summed E-state index contributed by atoms with van der Waals surface area (Å²) in [7, 11) is 0. The van der Waals surface area contributed by atoms with E-state index in [0.29, 0.717) is 61.9 Å². The number of amides is 1. The predicted molar refractivity (Wildman–Crippen MR) is 88.5 cm³/mol. The smallest absolute Gasteiger partial charge is 0.234 e. The van der Waals surface area contributed by atoms with E-state index in [1.165, 1.54) is 12.8 Å². The number of nitrogens with zero attached hydrogens (tertiary/aromatic N) is 4. The molecule has 0 N–H and O–H groups in total. The van der Waals surface area contributed by atoms with Crippen LogP contribution in [0.5, 0.6) is 0 Å². The van der Waals surface area contributed by atoms with Crippen LogP contribution in [0.1, 0.15) is 56.5 Å². The molecule has 6 heteroatoms. The molecule has 1 aromatic heterocycles. The molecule has 3 aliphatic rings. The van der Waals surface area contributed by atoms with Gasteiger partial charge in [-0.2, -0.15) is 5.26 Å².